The average Bonchev–Trinajstić information content (AvgIpc) is 2.40. The molecular weight excluding hydrogens is 264 g/mol. The van der Waals surface area contributed by atoms with Crippen LogP contribution in [0.15, 0.2) is 18.2 Å². The second kappa shape index (κ2) is 6.11. The van der Waals surface area contributed by atoms with E-state index in [1.165, 1.54) is 18.6 Å². The Kier molecular flexibility index (Phi) is 4.66. The van der Waals surface area contributed by atoms with Gasteiger partial charge in [0.2, 0.25) is 0 Å². The third-order valence-electron chi connectivity index (χ3n) is 4.12. The molecule has 0 aliphatic heterocycles. The van der Waals surface area contributed by atoms with Crippen molar-refractivity contribution in [2.75, 3.05) is 0 Å². The van der Waals surface area contributed by atoms with Gasteiger partial charge in [-0.2, -0.15) is 0 Å². The first-order valence-corrected chi connectivity index (χ1v) is 7.37. The smallest absolute Gasteiger partial charge is 0.493 e. The van der Waals surface area contributed by atoms with Crippen molar-refractivity contribution in [1.29, 1.82) is 0 Å². The van der Waals surface area contributed by atoms with Crippen LogP contribution in [0, 0.1) is 12.8 Å². The summed E-state index contributed by atoms with van der Waals surface area (Å²) in [6.07, 6.45) is 4.93. The number of ether oxygens (including phenoxy) is 1. The van der Waals surface area contributed by atoms with Crippen molar-refractivity contribution in [2.45, 2.75) is 52.1 Å². The standard InChI is InChI=1S/C15H21BF3O/c1-3-12-5-4-6-13(10-12)20-15-8-7-11(2)9-14(15)16(17,18)19/h7-9,12-13H,3-6,10H2,1-2H3/q-1. The van der Waals surface area contributed by atoms with E-state index in [4.69, 9.17) is 4.74 Å². The molecule has 1 aromatic carbocycles. The minimum Gasteiger partial charge on any atom is -0.493 e. The first-order valence-electron chi connectivity index (χ1n) is 7.37. The lowest BCUT2D eigenvalue weighted by molar-refractivity contribution is 0.123. The van der Waals surface area contributed by atoms with Crippen LogP contribution in [0.1, 0.15) is 44.6 Å². The molecule has 1 saturated carbocycles. The molecule has 0 heterocycles. The number of rotatable bonds is 4. The zero-order valence-corrected chi connectivity index (χ0v) is 12.0. The molecule has 0 aromatic heterocycles. The summed E-state index contributed by atoms with van der Waals surface area (Å²) >= 11 is 0. The van der Waals surface area contributed by atoms with Gasteiger partial charge in [0, 0.05) is 0 Å². The van der Waals surface area contributed by atoms with Crippen molar-refractivity contribution in [2.24, 2.45) is 5.92 Å². The fourth-order valence-electron chi connectivity index (χ4n) is 2.93. The van der Waals surface area contributed by atoms with Crippen molar-refractivity contribution in [1.82, 2.24) is 0 Å². The number of halogens is 3. The highest BCUT2D eigenvalue weighted by Gasteiger charge is 2.31. The van der Waals surface area contributed by atoms with Gasteiger partial charge in [-0.15, -0.1) is 0 Å². The molecule has 5 heteroatoms. The lowest BCUT2D eigenvalue weighted by Gasteiger charge is -2.31. The van der Waals surface area contributed by atoms with E-state index in [9.17, 15) is 12.9 Å². The third-order valence-corrected chi connectivity index (χ3v) is 4.12. The second-order valence-electron chi connectivity index (χ2n) is 5.80. The quantitative estimate of drug-likeness (QED) is 0.745. The van der Waals surface area contributed by atoms with Gasteiger partial charge in [-0.3, -0.25) is 0 Å². The minimum atomic E-state index is -5.03. The van der Waals surface area contributed by atoms with Gasteiger partial charge in [0.25, 0.3) is 0 Å². The summed E-state index contributed by atoms with van der Waals surface area (Å²) in [7, 11) is 0. The van der Waals surface area contributed by atoms with Crippen LogP contribution in [0.25, 0.3) is 0 Å². The summed E-state index contributed by atoms with van der Waals surface area (Å²) in [6, 6.07) is 4.34. The highest BCUT2D eigenvalue weighted by molar-refractivity contribution is 6.74. The molecule has 20 heavy (non-hydrogen) atoms. The van der Waals surface area contributed by atoms with Crippen molar-refractivity contribution < 1.29 is 17.7 Å². The summed E-state index contributed by atoms with van der Waals surface area (Å²) in [5, 5.41) is 0. The Labute approximate surface area is 118 Å². The molecule has 0 spiro atoms. The molecule has 2 atom stereocenters. The van der Waals surface area contributed by atoms with Crippen LogP contribution in [0.2, 0.25) is 0 Å². The molecule has 0 N–H and O–H groups in total. The maximum Gasteiger partial charge on any atom is 0.513 e. The van der Waals surface area contributed by atoms with E-state index in [1.807, 2.05) is 0 Å². The molecule has 2 unspecified atom stereocenters. The highest BCUT2D eigenvalue weighted by Crippen LogP contribution is 2.30. The van der Waals surface area contributed by atoms with Crippen molar-refractivity contribution >= 4 is 12.4 Å². The lowest BCUT2D eigenvalue weighted by atomic mass is 9.78. The van der Waals surface area contributed by atoms with E-state index in [1.54, 1.807) is 13.0 Å². The molecule has 112 valence electrons. The van der Waals surface area contributed by atoms with Crippen molar-refractivity contribution in [3.63, 3.8) is 0 Å². The second-order valence-corrected chi connectivity index (χ2v) is 5.80. The van der Waals surface area contributed by atoms with Gasteiger partial charge in [-0.25, -0.2) is 0 Å². The SMILES string of the molecule is CCC1CCCC(Oc2ccc(C)cc2[B-](F)(F)F)C1. The van der Waals surface area contributed by atoms with E-state index >= 15 is 0 Å². The molecule has 1 aliphatic rings. The van der Waals surface area contributed by atoms with Crippen LogP contribution < -0.4 is 10.2 Å². The molecule has 2 rings (SSSR count). The fraction of sp³-hybridized carbons (Fsp3) is 0.600. The number of hydrogen-bond donors (Lipinski definition) is 0. The Morgan fingerprint density at radius 2 is 2.00 bits per heavy atom. The Balaban J connectivity index is 2.16. The van der Waals surface area contributed by atoms with Gasteiger partial charge < -0.3 is 17.7 Å². The van der Waals surface area contributed by atoms with Gasteiger partial charge in [0.1, 0.15) is 0 Å². The molecule has 1 aliphatic carbocycles. The molecule has 1 fully saturated rings. The largest absolute Gasteiger partial charge is 0.513 e. The predicted octanol–water partition coefficient (Wildman–Crippen LogP) is 4.40. The minimum absolute atomic E-state index is 0.00449. The molecule has 0 saturated heterocycles. The summed E-state index contributed by atoms with van der Waals surface area (Å²) in [4.78, 5) is 0. The number of aryl methyl sites for hydroxylation is 1. The maximum absolute atomic E-state index is 13.1. The first-order chi connectivity index (χ1) is 9.40. The monoisotopic (exact) mass is 285 g/mol. The van der Waals surface area contributed by atoms with Crippen LogP contribution in [0.3, 0.4) is 0 Å². The summed E-state index contributed by atoms with van der Waals surface area (Å²) in [6.45, 7) is -1.23. The van der Waals surface area contributed by atoms with E-state index < -0.39 is 12.4 Å². The van der Waals surface area contributed by atoms with Crippen molar-refractivity contribution in [3.05, 3.63) is 23.8 Å². The van der Waals surface area contributed by atoms with E-state index in [0.717, 1.165) is 25.7 Å². The lowest BCUT2D eigenvalue weighted by Crippen LogP contribution is -2.37. The molecule has 0 amide bonds. The van der Waals surface area contributed by atoms with E-state index in [2.05, 4.69) is 6.92 Å². The van der Waals surface area contributed by atoms with Gasteiger partial charge >= 0.3 is 6.98 Å². The van der Waals surface area contributed by atoms with E-state index in [0.29, 0.717) is 11.5 Å². The highest BCUT2D eigenvalue weighted by atomic mass is 19.4. The third kappa shape index (κ3) is 3.71. The molecular formula is C15H21BF3O-. The molecule has 1 aromatic rings. The predicted molar refractivity (Wildman–Crippen MR) is 76.6 cm³/mol. The van der Waals surface area contributed by atoms with Gasteiger partial charge in [-0.05, 0) is 38.2 Å². The molecule has 1 nitrogen and oxygen atoms in total. The summed E-state index contributed by atoms with van der Waals surface area (Å²) < 4.78 is 45.0. The number of benzene rings is 1. The Hall–Kier alpha value is -1.13. The normalized spacial score (nSPS) is 23.6. The van der Waals surface area contributed by atoms with Crippen LogP contribution in [0.5, 0.6) is 5.75 Å². The number of hydrogen-bond acceptors (Lipinski definition) is 1. The Morgan fingerprint density at radius 1 is 1.25 bits per heavy atom. The Bertz CT molecular complexity index is 459. The molecule has 0 radical (unpaired) electrons. The van der Waals surface area contributed by atoms with Crippen LogP contribution in [-0.2, 0) is 0 Å². The first kappa shape index (κ1) is 15.3. The van der Waals surface area contributed by atoms with Gasteiger partial charge in [0.05, 0.1) is 11.9 Å². The zero-order valence-electron chi connectivity index (χ0n) is 12.0. The van der Waals surface area contributed by atoms with Crippen LogP contribution in [0.4, 0.5) is 12.9 Å². The topological polar surface area (TPSA) is 9.23 Å². The van der Waals surface area contributed by atoms with Gasteiger partial charge in [-0.1, -0.05) is 42.9 Å². The zero-order chi connectivity index (χ0) is 14.8. The average molecular weight is 285 g/mol. The van der Waals surface area contributed by atoms with Gasteiger partial charge in [0.15, 0.2) is 0 Å². The van der Waals surface area contributed by atoms with Crippen LogP contribution in [-0.4, -0.2) is 13.1 Å². The fourth-order valence-corrected chi connectivity index (χ4v) is 2.93. The summed E-state index contributed by atoms with van der Waals surface area (Å²) in [5.41, 5.74) is 0.0188. The van der Waals surface area contributed by atoms with Crippen molar-refractivity contribution in [3.8, 4) is 5.75 Å². The molecule has 0 bridgehead atoms. The van der Waals surface area contributed by atoms with Crippen LogP contribution >= 0.6 is 0 Å². The summed E-state index contributed by atoms with van der Waals surface area (Å²) in [5.74, 6) is 0.587. The van der Waals surface area contributed by atoms with E-state index in [-0.39, 0.29) is 11.9 Å². The Morgan fingerprint density at radius 3 is 2.65 bits per heavy atom. The maximum atomic E-state index is 13.1.